The lowest BCUT2D eigenvalue weighted by Crippen LogP contribution is -2.40. The van der Waals surface area contributed by atoms with E-state index in [2.05, 4.69) is 0 Å². The molecule has 0 aromatic heterocycles. The summed E-state index contributed by atoms with van der Waals surface area (Å²) < 4.78 is 48.3. The van der Waals surface area contributed by atoms with Gasteiger partial charge in [-0.3, -0.25) is 0 Å². The lowest BCUT2D eigenvalue weighted by Gasteiger charge is -2.25. The minimum Gasteiger partial charge on any atom is -0.493 e. The highest BCUT2D eigenvalue weighted by Gasteiger charge is 2.38. The molecule has 0 amide bonds. The van der Waals surface area contributed by atoms with Crippen molar-refractivity contribution in [3.63, 3.8) is 0 Å². The van der Waals surface area contributed by atoms with Crippen molar-refractivity contribution >= 4 is 15.5 Å². The van der Waals surface area contributed by atoms with Crippen molar-refractivity contribution < 1.29 is 22.3 Å². The molecule has 0 unspecified atom stereocenters. The zero-order chi connectivity index (χ0) is 23.5. The molecule has 0 radical (unpaired) electrons. The number of rotatable bonds is 9. The van der Waals surface area contributed by atoms with Gasteiger partial charge in [0.05, 0.1) is 18.5 Å². The molecule has 0 heterocycles. The van der Waals surface area contributed by atoms with E-state index in [9.17, 15) is 12.8 Å². The topological polar surface area (TPSA) is 76.5 Å². The predicted octanol–water partition coefficient (Wildman–Crippen LogP) is 5.81. The van der Waals surface area contributed by atoms with Crippen LogP contribution in [0, 0.1) is 17.1 Å². The van der Waals surface area contributed by atoms with Gasteiger partial charge in [0.2, 0.25) is 0 Å². The summed E-state index contributed by atoms with van der Waals surface area (Å²) in [7, 11) is -2.00. The van der Waals surface area contributed by atoms with Crippen LogP contribution in [0.2, 0.25) is 0 Å². The van der Waals surface area contributed by atoms with Crippen molar-refractivity contribution in [2.75, 3.05) is 13.7 Å². The van der Waals surface area contributed by atoms with Gasteiger partial charge in [0.1, 0.15) is 16.3 Å². The van der Waals surface area contributed by atoms with Crippen LogP contribution in [0.15, 0.2) is 18.2 Å². The Morgan fingerprint density at radius 3 is 2.23 bits per heavy atom. The highest BCUT2D eigenvalue weighted by molar-refractivity contribution is 7.92. The SMILES string of the molecule is CC.CCC(=N)C(C)(C)S(=O)(=O)Cc1cc(OCC2CC2)ccc1F.COC(C)C. The summed E-state index contributed by atoms with van der Waals surface area (Å²) in [6.07, 6.45) is 3.03. The Labute approximate surface area is 182 Å². The maximum absolute atomic E-state index is 14.0. The Bertz CT molecular complexity index is 756. The third kappa shape index (κ3) is 9.13. The molecule has 2 rings (SSSR count). The molecule has 1 fully saturated rings. The van der Waals surface area contributed by atoms with E-state index in [4.69, 9.17) is 14.9 Å². The predicted molar refractivity (Wildman–Crippen MR) is 123 cm³/mol. The van der Waals surface area contributed by atoms with Crippen molar-refractivity contribution in [2.24, 2.45) is 5.92 Å². The monoisotopic (exact) mass is 445 g/mol. The maximum atomic E-state index is 14.0. The molecule has 5 nitrogen and oxygen atoms in total. The number of hydrogen-bond donors (Lipinski definition) is 1. The number of methoxy groups -OCH3 is 1. The average Bonchev–Trinajstić information content (AvgIpc) is 3.54. The first-order valence-corrected chi connectivity index (χ1v) is 12.3. The number of sulfone groups is 1. The van der Waals surface area contributed by atoms with Crippen molar-refractivity contribution in [1.82, 2.24) is 0 Å². The molecule has 1 aliphatic rings. The first-order valence-electron chi connectivity index (χ1n) is 10.7. The normalized spacial score (nSPS) is 13.7. The minimum absolute atomic E-state index is 0.0928. The van der Waals surface area contributed by atoms with Crippen LogP contribution in [-0.4, -0.2) is 38.7 Å². The van der Waals surface area contributed by atoms with Crippen LogP contribution in [0.25, 0.3) is 0 Å². The van der Waals surface area contributed by atoms with Gasteiger partial charge in [-0.15, -0.1) is 0 Å². The van der Waals surface area contributed by atoms with Gasteiger partial charge in [-0.25, -0.2) is 12.8 Å². The molecule has 1 aromatic rings. The second kappa shape index (κ2) is 13.1. The van der Waals surface area contributed by atoms with Crippen LogP contribution in [0.3, 0.4) is 0 Å². The standard InChI is InChI=1S/C17H24FNO3S.C4H10O.C2H6/c1-4-16(19)17(2,3)23(20,21)11-13-9-14(7-8-15(13)18)22-10-12-5-6-12;1-4(2)5-3;1-2/h7-9,12,19H,4-6,10-11H2,1-3H3;4H,1-3H3;1-2H3. The van der Waals surface area contributed by atoms with E-state index in [1.165, 1.54) is 32.0 Å². The fourth-order valence-corrected chi connectivity index (χ4v) is 3.76. The molecule has 1 aromatic carbocycles. The van der Waals surface area contributed by atoms with E-state index in [0.29, 0.717) is 30.8 Å². The highest BCUT2D eigenvalue weighted by Crippen LogP contribution is 2.31. The summed E-state index contributed by atoms with van der Waals surface area (Å²) in [6, 6.07) is 4.22. The smallest absolute Gasteiger partial charge is 0.165 e. The lowest BCUT2D eigenvalue weighted by atomic mass is 10.1. The first kappa shape index (κ1) is 28.5. The Balaban J connectivity index is 0.00000105. The van der Waals surface area contributed by atoms with Gasteiger partial charge >= 0.3 is 0 Å². The van der Waals surface area contributed by atoms with Crippen molar-refractivity contribution in [3.05, 3.63) is 29.6 Å². The molecule has 0 spiro atoms. The Hall–Kier alpha value is -1.47. The van der Waals surface area contributed by atoms with Gasteiger partial charge in [0.25, 0.3) is 0 Å². The average molecular weight is 446 g/mol. The Morgan fingerprint density at radius 2 is 1.80 bits per heavy atom. The van der Waals surface area contributed by atoms with Gasteiger partial charge in [-0.2, -0.15) is 0 Å². The maximum Gasteiger partial charge on any atom is 0.165 e. The number of nitrogens with one attached hydrogen (secondary N) is 1. The molecular formula is C23H40FNO4S. The van der Waals surface area contributed by atoms with Crippen LogP contribution in [0.4, 0.5) is 4.39 Å². The van der Waals surface area contributed by atoms with Crippen LogP contribution in [0.5, 0.6) is 5.75 Å². The zero-order valence-corrected chi connectivity index (χ0v) is 20.7. The molecule has 1 saturated carbocycles. The van der Waals surface area contributed by atoms with E-state index < -0.39 is 26.2 Å². The fraction of sp³-hybridized carbons (Fsp3) is 0.696. The lowest BCUT2D eigenvalue weighted by molar-refractivity contribution is 0.134. The summed E-state index contributed by atoms with van der Waals surface area (Å²) in [4.78, 5) is 0. The molecule has 0 bridgehead atoms. The van der Waals surface area contributed by atoms with Gasteiger partial charge in [-0.05, 0) is 71.1 Å². The molecule has 0 atom stereocenters. The van der Waals surface area contributed by atoms with Crippen molar-refractivity contribution in [2.45, 2.75) is 84.3 Å². The van der Waals surface area contributed by atoms with E-state index in [1.807, 2.05) is 27.7 Å². The molecule has 0 aliphatic heterocycles. The molecule has 7 heteroatoms. The number of benzene rings is 1. The summed E-state index contributed by atoms with van der Waals surface area (Å²) in [5, 5.41) is 7.88. The third-order valence-electron chi connectivity index (χ3n) is 4.87. The fourth-order valence-electron chi connectivity index (χ4n) is 2.25. The quantitative estimate of drug-likeness (QED) is 0.487. The van der Waals surface area contributed by atoms with Gasteiger partial charge < -0.3 is 14.9 Å². The first-order chi connectivity index (χ1) is 13.9. The largest absolute Gasteiger partial charge is 0.493 e. The van der Waals surface area contributed by atoms with E-state index in [0.717, 1.165) is 12.8 Å². The van der Waals surface area contributed by atoms with Gasteiger partial charge in [0, 0.05) is 18.4 Å². The molecular weight excluding hydrogens is 405 g/mol. The zero-order valence-electron chi connectivity index (χ0n) is 19.8. The van der Waals surface area contributed by atoms with Crippen molar-refractivity contribution in [1.29, 1.82) is 5.41 Å². The molecule has 1 N–H and O–H groups in total. The van der Waals surface area contributed by atoms with Crippen molar-refractivity contribution in [3.8, 4) is 5.75 Å². The second-order valence-corrected chi connectivity index (χ2v) is 10.4. The minimum atomic E-state index is -3.70. The van der Waals surface area contributed by atoms with E-state index in [1.54, 1.807) is 14.0 Å². The number of halogens is 1. The van der Waals surface area contributed by atoms with Crippen LogP contribution < -0.4 is 4.74 Å². The van der Waals surface area contributed by atoms with E-state index in [-0.39, 0.29) is 11.3 Å². The summed E-state index contributed by atoms with van der Waals surface area (Å²) in [5.74, 6) is 0.0590. The summed E-state index contributed by atoms with van der Waals surface area (Å²) in [6.45, 7) is 13.3. The number of ether oxygens (including phenoxy) is 2. The Morgan fingerprint density at radius 1 is 1.27 bits per heavy atom. The van der Waals surface area contributed by atoms with E-state index >= 15 is 0 Å². The van der Waals surface area contributed by atoms with Crippen LogP contribution >= 0.6 is 0 Å². The van der Waals surface area contributed by atoms with Crippen LogP contribution in [-0.2, 0) is 20.3 Å². The summed E-state index contributed by atoms with van der Waals surface area (Å²) >= 11 is 0. The van der Waals surface area contributed by atoms with Gasteiger partial charge in [0.15, 0.2) is 9.84 Å². The highest BCUT2D eigenvalue weighted by atomic mass is 32.2. The second-order valence-electron chi connectivity index (χ2n) is 7.89. The van der Waals surface area contributed by atoms with Gasteiger partial charge in [-0.1, -0.05) is 20.8 Å². The van der Waals surface area contributed by atoms with Crippen LogP contribution in [0.1, 0.15) is 73.3 Å². The molecule has 0 saturated heterocycles. The number of hydrogen-bond acceptors (Lipinski definition) is 5. The Kier molecular flexibility index (Phi) is 12.4. The third-order valence-corrected chi connectivity index (χ3v) is 7.37. The summed E-state index contributed by atoms with van der Waals surface area (Å²) in [5.41, 5.74) is 0.217. The molecule has 174 valence electrons. The molecule has 1 aliphatic carbocycles. The molecule has 30 heavy (non-hydrogen) atoms.